The zero-order valence-corrected chi connectivity index (χ0v) is 9.38. The van der Waals surface area contributed by atoms with Crippen molar-refractivity contribution in [2.45, 2.75) is 39.2 Å². The molecule has 0 saturated carbocycles. The van der Waals surface area contributed by atoms with Crippen molar-refractivity contribution in [2.24, 2.45) is 0 Å². The first kappa shape index (κ1) is 11.2. The first-order chi connectivity index (χ1) is 6.76. The number of nitrogens with one attached hydrogen (secondary N) is 1. The van der Waals surface area contributed by atoms with Crippen LogP contribution in [0.1, 0.15) is 31.0 Å². The molecule has 0 radical (unpaired) electrons. The predicted molar refractivity (Wildman–Crippen MR) is 60.4 cm³/mol. The molecule has 1 unspecified atom stereocenters. The van der Waals surface area contributed by atoms with Gasteiger partial charge in [0.25, 0.3) is 0 Å². The summed E-state index contributed by atoms with van der Waals surface area (Å²) in [5.74, 6) is 0. The number of pyridine rings is 1. The number of hydrogen-bond donors (Lipinski definition) is 1. The zero-order valence-electron chi connectivity index (χ0n) is 9.38. The molecule has 2 nitrogen and oxygen atoms in total. The minimum absolute atomic E-state index is 0.642. The summed E-state index contributed by atoms with van der Waals surface area (Å²) in [6.07, 6.45) is 5.44. The highest BCUT2D eigenvalue weighted by atomic mass is 14.9. The quantitative estimate of drug-likeness (QED) is 0.774. The summed E-state index contributed by atoms with van der Waals surface area (Å²) in [6.45, 7) is 4.26. The van der Waals surface area contributed by atoms with Gasteiger partial charge in [-0.3, -0.25) is 4.98 Å². The fourth-order valence-electron chi connectivity index (χ4n) is 1.65. The molecule has 1 rings (SSSR count). The summed E-state index contributed by atoms with van der Waals surface area (Å²) in [5.41, 5.74) is 2.51. The van der Waals surface area contributed by atoms with Crippen LogP contribution in [0.4, 0.5) is 0 Å². The van der Waals surface area contributed by atoms with E-state index in [9.17, 15) is 0 Å². The normalized spacial score (nSPS) is 12.8. The summed E-state index contributed by atoms with van der Waals surface area (Å²) in [5, 5.41) is 3.32. The van der Waals surface area contributed by atoms with E-state index in [4.69, 9.17) is 0 Å². The van der Waals surface area contributed by atoms with Gasteiger partial charge in [0.1, 0.15) is 0 Å². The lowest BCUT2D eigenvalue weighted by Crippen LogP contribution is -2.24. The summed E-state index contributed by atoms with van der Waals surface area (Å²) >= 11 is 0. The van der Waals surface area contributed by atoms with Crippen molar-refractivity contribution < 1.29 is 0 Å². The second-order valence-electron chi connectivity index (χ2n) is 3.74. The molecule has 2 heteroatoms. The average molecular weight is 192 g/mol. The van der Waals surface area contributed by atoms with Crippen molar-refractivity contribution in [3.63, 3.8) is 0 Å². The van der Waals surface area contributed by atoms with E-state index in [1.807, 2.05) is 20.2 Å². The standard InChI is InChI=1S/C12H20N2/c1-4-12(13-3)6-5-11-7-8-14-10(2)9-11/h7-9,12-13H,4-6H2,1-3H3. The van der Waals surface area contributed by atoms with E-state index in [1.54, 1.807) is 0 Å². The second-order valence-corrected chi connectivity index (χ2v) is 3.74. The molecule has 1 heterocycles. The van der Waals surface area contributed by atoms with Gasteiger partial charge in [0, 0.05) is 17.9 Å². The van der Waals surface area contributed by atoms with Crippen molar-refractivity contribution in [1.29, 1.82) is 0 Å². The van der Waals surface area contributed by atoms with Crippen LogP contribution in [0.2, 0.25) is 0 Å². The third-order valence-corrected chi connectivity index (χ3v) is 2.64. The van der Waals surface area contributed by atoms with Crippen molar-refractivity contribution in [3.05, 3.63) is 29.6 Å². The van der Waals surface area contributed by atoms with Gasteiger partial charge in [-0.15, -0.1) is 0 Å². The van der Waals surface area contributed by atoms with E-state index in [1.165, 1.54) is 18.4 Å². The minimum atomic E-state index is 0.642. The Morgan fingerprint density at radius 1 is 1.50 bits per heavy atom. The molecule has 0 fully saturated rings. The van der Waals surface area contributed by atoms with Crippen molar-refractivity contribution in [3.8, 4) is 0 Å². The Kier molecular flexibility index (Phi) is 4.60. The van der Waals surface area contributed by atoms with E-state index < -0.39 is 0 Å². The van der Waals surface area contributed by atoms with E-state index in [0.29, 0.717) is 6.04 Å². The Labute approximate surface area is 86.8 Å². The molecule has 1 N–H and O–H groups in total. The van der Waals surface area contributed by atoms with E-state index in [0.717, 1.165) is 12.1 Å². The van der Waals surface area contributed by atoms with Crippen molar-refractivity contribution >= 4 is 0 Å². The van der Waals surface area contributed by atoms with Crippen LogP contribution in [-0.2, 0) is 6.42 Å². The molecular weight excluding hydrogens is 172 g/mol. The average Bonchev–Trinajstić information content (AvgIpc) is 2.19. The number of aryl methyl sites for hydroxylation is 2. The lowest BCUT2D eigenvalue weighted by Gasteiger charge is -2.13. The van der Waals surface area contributed by atoms with Crippen LogP contribution in [0.25, 0.3) is 0 Å². The van der Waals surface area contributed by atoms with E-state index in [-0.39, 0.29) is 0 Å². The van der Waals surface area contributed by atoms with Gasteiger partial charge < -0.3 is 5.32 Å². The molecule has 0 spiro atoms. The van der Waals surface area contributed by atoms with Gasteiger partial charge in [-0.2, -0.15) is 0 Å². The smallest absolute Gasteiger partial charge is 0.0375 e. The Hall–Kier alpha value is -0.890. The van der Waals surface area contributed by atoms with E-state index >= 15 is 0 Å². The van der Waals surface area contributed by atoms with Crippen LogP contribution in [0, 0.1) is 6.92 Å². The molecule has 1 aromatic heterocycles. The van der Waals surface area contributed by atoms with Crippen LogP contribution < -0.4 is 5.32 Å². The molecule has 14 heavy (non-hydrogen) atoms. The van der Waals surface area contributed by atoms with Crippen LogP contribution in [0.5, 0.6) is 0 Å². The van der Waals surface area contributed by atoms with Gasteiger partial charge in [-0.1, -0.05) is 6.92 Å². The third kappa shape index (κ3) is 3.46. The van der Waals surface area contributed by atoms with Crippen LogP contribution >= 0.6 is 0 Å². The molecule has 78 valence electrons. The largest absolute Gasteiger partial charge is 0.317 e. The highest BCUT2D eigenvalue weighted by Crippen LogP contribution is 2.07. The van der Waals surface area contributed by atoms with Crippen LogP contribution in [0.15, 0.2) is 18.3 Å². The molecule has 0 aliphatic heterocycles. The van der Waals surface area contributed by atoms with Gasteiger partial charge in [0.05, 0.1) is 0 Å². The Bertz CT molecular complexity index is 267. The molecule has 0 aliphatic rings. The molecule has 1 atom stereocenters. The maximum atomic E-state index is 4.19. The predicted octanol–water partition coefficient (Wildman–Crippen LogP) is 2.32. The highest BCUT2D eigenvalue weighted by molar-refractivity contribution is 5.15. The molecule has 0 bridgehead atoms. The number of hydrogen-bond acceptors (Lipinski definition) is 2. The molecule has 1 aromatic rings. The highest BCUT2D eigenvalue weighted by Gasteiger charge is 2.03. The molecular formula is C12H20N2. The third-order valence-electron chi connectivity index (χ3n) is 2.64. The fraction of sp³-hybridized carbons (Fsp3) is 0.583. The number of rotatable bonds is 5. The lowest BCUT2D eigenvalue weighted by atomic mass is 10.0. The van der Waals surface area contributed by atoms with E-state index in [2.05, 4.69) is 29.4 Å². The summed E-state index contributed by atoms with van der Waals surface area (Å²) in [7, 11) is 2.03. The molecule has 0 saturated heterocycles. The zero-order chi connectivity index (χ0) is 10.4. The maximum Gasteiger partial charge on any atom is 0.0375 e. The van der Waals surface area contributed by atoms with Gasteiger partial charge in [0.2, 0.25) is 0 Å². The summed E-state index contributed by atoms with van der Waals surface area (Å²) in [4.78, 5) is 4.19. The molecule has 0 amide bonds. The molecule has 0 aliphatic carbocycles. The topological polar surface area (TPSA) is 24.9 Å². The van der Waals surface area contributed by atoms with Gasteiger partial charge in [-0.05, 0) is 50.9 Å². The summed E-state index contributed by atoms with van der Waals surface area (Å²) < 4.78 is 0. The monoisotopic (exact) mass is 192 g/mol. The van der Waals surface area contributed by atoms with Gasteiger partial charge in [0.15, 0.2) is 0 Å². The maximum absolute atomic E-state index is 4.19. The fourth-order valence-corrected chi connectivity index (χ4v) is 1.65. The lowest BCUT2D eigenvalue weighted by molar-refractivity contribution is 0.508. The Balaban J connectivity index is 2.44. The Morgan fingerprint density at radius 3 is 2.86 bits per heavy atom. The first-order valence-corrected chi connectivity index (χ1v) is 5.35. The van der Waals surface area contributed by atoms with Crippen molar-refractivity contribution in [2.75, 3.05) is 7.05 Å². The van der Waals surface area contributed by atoms with Crippen LogP contribution in [0.3, 0.4) is 0 Å². The Morgan fingerprint density at radius 2 is 2.29 bits per heavy atom. The number of aromatic nitrogens is 1. The van der Waals surface area contributed by atoms with Crippen molar-refractivity contribution in [1.82, 2.24) is 10.3 Å². The first-order valence-electron chi connectivity index (χ1n) is 5.35. The summed E-state index contributed by atoms with van der Waals surface area (Å²) in [6, 6.07) is 4.92. The number of nitrogens with zero attached hydrogens (tertiary/aromatic N) is 1. The second kappa shape index (κ2) is 5.76. The molecule has 0 aromatic carbocycles. The van der Waals surface area contributed by atoms with Gasteiger partial charge in [-0.25, -0.2) is 0 Å². The SMILES string of the molecule is CCC(CCc1ccnc(C)c1)NC. The minimum Gasteiger partial charge on any atom is -0.317 e. The van der Waals surface area contributed by atoms with Gasteiger partial charge >= 0.3 is 0 Å². The van der Waals surface area contributed by atoms with Crippen LogP contribution in [-0.4, -0.2) is 18.1 Å².